The van der Waals surface area contributed by atoms with E-state index < -0.39 is 66.4 Å². The predicted octanol–water partition coefficient (Wildman–Crippen LogP) is 1.69. The second-order valence-electron chi connectivity index (χ2n) is 15.4. The summed E-state index contributed by atoms with van der Waals surface area (Å²) in [6.45, 7) is 8.40. The van der Waals surface area contributed by atoms with Gasteiger partial charge in [-0.2, -0.15) is 0 Å². The van der Waals surface area contributed by atoms with Crippen molar-refractivity contribution in [1.82, 2.24) is 31.1 Å². The number of likely N-dealkylation sites (tertiary alicyclic amines) is 1. The molecule has 6 amide bonds. The number of ether oxygens (including phenoxy) is 1. The van der Waals surface area contributed by atoms with Crippen molar-refractivity contribution in [2.45, 2.75) is 90.4 Å². The maximum Gasteiger partial charge on any atom is 0.408 e. The SMILES string of the molecule is CN(C)C(=O)[C@@H](NC(=O)CNC(=O)C(=O)CNC(=O)[C@@H]1[C@@H]2[C@H](CN1C(=O)[C@@H](NC(=O)OC(C)(C)C)C1CCCCC1)C2(C)C)c1ccccc1. The average Bonchev–Trinajstić information content (AvgIpc) is 3.37. The number of likely N-dealkylation sites (N-methyl/N-ethyl adjacent to an activating group) is 1. The quantitative estimate of drug-likeness (QED) is 0.238. The molecule has 3 fully saturated rings. The lowest BCUT2D eigenvalue weighted by atomic mass is 9.83. The number of Topliss-reactive ketones (excluding diaryl/α,β-unsaturated/α-hetero) is 1. The fourth-order valence-electron chi connectivity index (χ4n) is 7.29. The number of hydrogen-bond donors (Lipinski definition) is 4. The van der Waals surface area contributed by atoms with E-state index in [-0.39, 0.29) is 35.0 Å². The summed E-state index contributed by atoms with van der Waals surface area (Å²) in [6, 6.07) is 5.87. The zero-order chi connectivity index (χ0) is 37.0. The molecule has 1 saturated heterocycles. The van der Waals surface area contributed by atoms with Crippen LogP contribution in [0.15, 0.2) is 30.3 Å². The third kappa shape index (κ3) is 9.19. The van der Waals surface area contributed by atoms with Gasteiger partial charge in [-0.25, -0.2) is 4.79 Å². The molecule has 0 unspecified atom stereocenters. The molecule has 50 heavy (non-hydrogen) atoms. The van der Waals surface area contributed by atoms with Gasteiger partial charge in [0, 0.05) is 20.6 Å². The Morgan fingerprint density at radius 2 is 1.56 bits per heavy atom. The van der Waals surface area contributed by atoms with Crippen molar-refractivity contribution in [3.63, 3.8) is 0 Å². The molecular formula is C36H52N6O8. The summed E-state index contributed by atoms with van der Waals surface area (Å²) in [4.78, 5) is 94.2. The number of alkyl carbamates (subject to hydrolysis) is 1. The summed E-state index contributed by atoms with van der Waals surface area (Å²) in [5.74, 6) is -4.26. The lowest BCUT2D eigenvalue weighted by Gasteiger charge is -2.37. The van der Waals surface area contributed by atoms with Gasteiger partial charge in [0.15, 0.2) is 0 Å². The van der Waals surface area contributed by atoms with Crippen LogP contribution in [0.25, 0.3) is 0 Å². The topological polar surface area (TPSA) is 183 Å². The maximum absolute atomic E-state index is 14.2. The lowest BCUT2D eigenvalue weighted by Crippen LogP contribution is -2.58. The highest BCUT2D eigenvalue weighted by Gasteiger charge is 2.69. The standard InChI is InChI=1S/C36H52N6O8/c1-35(2,3)50-34(49)40-28(22-16-12-9-13-17-22)33(48)42-20-23-26(36(23,4)5)29(42)31(46)37-18-24(43)30(45)38-19-25(44)39-27(32(47)41(6)7)21-14-10-8-11-15-21/h8,10-11,14-15,22-23,26-29H,9,12-13,16-20H2,1-7H3,(H,37,46)(H,38,45)(H,39,44)(H,40,49)/t23-,26-,27-,28-,29-/m0/s1. The van der Waals surface area contributed by atoms with E-state index in [1.54, 1.807) is 65.2 Å². The Bertz CT molecular complexity index is 1470. The van der Waals surface area contributed by atoms with Gasteiger partial charge >= 0.3 is 6.09 Å². The lowest BCUT2D eigenvalue weighted by molar-refractivity contribution is -0.144. The van der Waals surface area contributed by atoms with Crippen molar-refractivity contribution >= 4 is 41.4 Å². The van der Waals surface area contributed by atoms with Gasteiger partial charge in [-0.15, -0.1) is 0 Å². The normalized spacial score (nSPS) is 22.2. The van der Waals surface area contributed by atoms with E-state index in [2.05, 4.69) is 21.3 Å². The van der Waals surface area contributed by atoms with E-state index in [1.165, 1.54) is 9.80 Å². The molecule has 5 atom stereocenters. The first-order valence-corrected chi connectivity index (χ1v) is 17.4. The van der Waals surface area contributed by atoms with Gasteiger partial charge in [0.25, 0.3) is 5.91 Å². The molecule has 3 aliphatic rings. The van der Waals surface area contributed by atoms with Crippen molar-refractivity contribution in [2.24, 2.45) is 23.2 Å². The Kier molecular flexibility index (Phi) is 11.9. The first-order chi connectivity index (χ1) is 23.4. The molecular weight excluding hydrogens is 644 g/mol. The Labute approximate surface area is 293 Å². The minimum absolute atomic E-state index is 0.0623. The first-order valence-electron chi connectivity index (χ1n) is 17.4. The number of piperidine rings is 1. The number of benzene rings is 1. The Balaban J connectivity index is 1.37. The number of amides is 6. The van der Waals surface area contributed by atoms with E-state index in [0.717, 1.165) is 32.1 Å². The van der Waals surface area contributed by atoms with E-state index in [4.69, 9.17) is 4.74 Å². The van der Waals surface area contributed by atoms with E-state index in [9.17, 15) is 33.6 Å². The molecule has 4 rings (SSSR count). The van der Waals surface area contributed by atoms with Crippen LogP contribution in [0.2, 0.25) is 0 Å². The number of nitrogens with zero attached hydrogens (tertiary/aromatic N) is 2. The number of ketones is 1. The summed E-state index contributed by atoms with van der Waals surface area (Å²) >= 11 is 0. The van der Waals surface area contributed by atoms with Crippen LogP contribution < -0.4 is 21.3 Å². The van der Waals surface area contributed by atoms with Crippen LogP contribution in [-0.2, 0) is 33.5 Å². The Hall–Kier alpha value is -4.49. The van der Waals surface area contributed by atoms with Gasteiger partial charge in [0.05, 0.1) is 13.1 Å². The van der Waals surface area contributed by atoms with Crippen LogP contribution in [0.5, 0.6) is 0 Å². The molecule has 0 spiro atoms. The summed E-state index contributed by atoms with van der Waals surface area (Å²) in [5.41, 5.74) is -0.418. The van der Waals surface area contributed by atoms with Crippen LogP contribution in [0.4, 0.5) is 4.79 Å². The van der Waals surface area contributed by atoms with Crippen molar-refractivity contribution < 1.29 is 38.3 Å². The number of nitrogens with one attached hydrogen (secondary N) is 4. The molecule has 1 aliphatic heterocycles. The molecule has 2 saturated carbocycles. The molecule has 1 aromatic carbocycles. The van der Waals surface area contributed by atoms with E-state index >= 15 is 0 Å². The third-order valence-corrected chi connectivity index (χ3v) is 10.0. The maximum atomic E-state index is 14.2. The van der Waals surface area contributed by atoms with Crippen molar-refractivity contribution in [1.29, 1.82) is 0 Å². The van der Waals surface area contributed by atoms with Crippen LogP contribution >= 0.6 is 0 Å². The van der Waals surface area contributed by atoms with Gasteiger partial charge in [0.2, 0.25) is 29.4 Å². The minimum atomic E-state index is -1.08. The molecule has 1 heterocycles. The molecule has 0 bridgehead atoms. The van der Waals surface area contributed by atoms with Crippen LogP contribution in [0.3, 0.4) is 0 Å². The number of rotatable bonds is 12. The largest absolute Gasteiger partial charge is 0.444 e. The monoisotopic (exact) mass is 696 g/mol. The second kappa shape index (κ2) is 15.6. The van der Waals surface area contributed by atoms with E-state index in [0.29, 0.717) is 12.1 Å². The van der Waals surface area contributed by atoms with Crippen LogP contribution in [-0.4, -0.2) is 103 Å². The molecule has 1 aromatic rings. The average molecular weight is 697 g/mol. The molecule has 0 radical (unpaired) electrons. The molecule has 4 N–H and O–H groups in total. The van der Waals surface area contributed by atoms with Crippen LogP contribution in [0, 0.1) is 23.2 Å². The molecule has 14 heteroatoms. The summed E-state index contributed by atoms with van der Waals surface area (Å²) in [7, 11) is 3.11. The Morgan fingerprint density at radius 3 is 2.16 bits per heavy atom. The van der Waals surface area contributed by atoms with Crippen molar-refractivity contribution in [3.05, 3.63) is 35.9 Å². The van der Waals surface area contributed by atoms with Gasteiger partial charge < -0.3 is 35.8 Å². The van der Waals surface area contributed by atoms with E-state index in [1.807, 2.05) is 13.8 Å². The summed E-state index contributed by atoms with van der Waals surface area (Å²) in [6.07, 6.45) is 3.73. The minimum Gasteiger partial charge on any atom is -0.444 e. The highest BCUT2D eigenvalue weighted by molar-refractivity contribution is 6.37. The zero-order valence-corrected chi connectivity index (χ0v) is 30.2. The summed E-state index contributed by atoms with van der Waals surface area (Å²) < 4.78 is 5.47. The highest BCUT2D eigenvalue weighted by atomic mass is 16.6. The van der Waals surface area contributed by atoms with Gasteiger partial charge in [-0.1, -0.05) is 63.4 Å². The number of carbonyl (C=O) groups excluding carboxylic acids is 7. The Morgan fingerprint density at radius 1 is 0.920 bits per heavy atom. The molecule has 14 nitrogen and oxygen atoms in total. The highest BCUT2D eigenvalue weighted by Crippen LogP contribution is 2.65. The molecule has 0 aromatic heterocycles. The van der Waals surface area contributed by atoms with Gasteiger partial charge in [0.1, 0.15) is 23.7 Å². The van der Waals surface area contributed by atoms with Crippen LogP contribution in [0.1, 0.15) is 78.3 Å². The third-order valence-electron chi connectivity index (χ3n) is 10.0. The predicted molar refractivity (Wildman–Crippen MR) is 183 cm³/mol. The van der Waals surface area contributed by atoms with Gasteiger partial charge in [-0.3, -0.25) is 28.8 Å². The fourth-order valence-corrected chi connectivity index (χ4v) is 7.29. The number of hydrogen-bond acceptors (Lipinski definition) is 8. The number of carbonyl (C=O) groups is 7. The van der Waals surface area contributed by atoms with Crippen molar-refractivity contribution in [3.8, 4) is 0 Å². The zero-order valence-electron chi connectivity index (χ0n) is 30.2. The molecule has 274 valence electrons. The number of fused-ring (bicyclic) bond motifs is 1. The summed E-state index contributed by atoms with van der Waals surface area (Å²) in [5, 5.41) is 10.2. The fraction of sp³-hybridized carbons (Fsp3) is 0.639. The molecule has 2 aliphatic carbocycles. The second-order valence-corrected chi connectivity index (χ2v) is 15.4. The van der Waals surface area contributed by atoms with Gasteiger partial charge in [-0.05, 0) is 62.3 Å². The smallest absolute Gasteiger partial charge is 0.408 e. The first kappa shape index (κ1) is 38.3. The van der Waals surface area contributed by atoms with Crippen molar-refractivity contribution in [2.75, 3.05) is 33.7 Å².